The second-order valence-corrected chi connectivity index (χ2v) is 4.10. The summed E-state index contributed by atoms with van der Waals surface area (Å²) in [6, 6.07) is 2.24. The van der Waals surface area contributed by atoms with E-state index in [-0.39, 0.29) is 229 Å². The molecule has 1 rings (SSSR count). The number of thiophene rings is 1. The van der Waals surface area contributed by atoms with Crippen LogP contribution in [0.2, 0.25) is 0 Å². The van der Waals surface area contributed by atoms with Crippen molar-refractivity contribution in [2.24, 2.45) is 0 Å². The Morgan fingerprint density at radius 2 is 1.50 bits per heavy atom. The predicted molar refractivity (Wildman–Crippen MR) is 52.1 cm³/mol. The Morgan fingerprint density at radius 1 is 1.06 bits per heavy atom. The number of aryl methyl sites for hydroxylation is 1. The molecule has 1 heterocycles. The van der Waals surface area contributed by atoms with Gasteiger partial charge in [0.2, 0.25) is 0 Å². The SMILES string of the molecule is C[CH-]CC(C)c1ccsc1C.[Y].[Y].[Y].[Y].[Y].[Y].[Y]. The van der Waals surface area contributed by atoms with E-state index in [1.54, 1.807) is 0 Å². The molecule has 0 aromatic carbocycles. The second-order valence-electron chi connectivity index (χ2n) is 2.98. The Bertz CT molecular complexity index is 230. The van der Waals surface area contributed by atoms with Crippen LogP contribution >= 0.6 is 11.3 Å². The summed E-state index contributed by atoms with van der Waals surface area (Å²) in [6.07, 6.45) is 3.43. The quantitative estimate of drug-likeness (QED) is 0.410. The predicted octanol–water partition coefficient (Wildman–Crippen LogP) is 3.76. The summed E-state index contributed by atoms with van der Waals surface area (Å²) >= 11 is 1.84. The van der Waals surface area contributed by atoms with Gasteiger partial charge >= 0.3 is 0 Å². The molecule has 0 amide bonds. The van der Waals surface area contributed by atoms with Gasteiger partial charge in [-0.3, -0.25) is 0 Å². The van der Waals surface area contributed by atoms with Gasteiger partial charge < -0.3 is 6.42 Å². The Labute approximate surface area is 293 Å². The molecule has 0 aliphatic carbocycles. The molecule has 0 saturated heterocycles. The molecule has 0 aliphatic rings. The minimum Gasteiger partial charge on any atom is -0.331 e. The van der Waals surface area contributed by atoms with Crippen LogP contribution in [0.5, 0.6) is 0 Å². The van der Waals surface area contributed by atoms with Crippen LogP contribution in [0.1, 0.15) is 36.6 Å². The summed E-state index contributed by atoms with van der Waals surface area (Å²) in [5.41, 5.74) is 1.52. The summed E-state index contributed by atoms with van der Waals surface area (Å²) in [5, 5.41) is 2.18. The fourth-order valence-corrected chi connectivity index (χ4v) is 2.21. The normalized spacial score (nSPS) is 8.17. The third-order valence-electron chi connectivity index (χ3n) is 2.02. The molecule has 0 saturated carbocycles. The maximum absolute atomic E-state index is 2.29. The number of hydrogen-bond acceptors (Lipinski definition) is 1. The fraction of sp³-hybridized carbons (Fsp3) is 0.500. The van der Waals surface area contributed by atoms with Crippen molar-refractivity contribution >= 4 is 11.3 Å². The topological polar surface area (TPSA) is 0 Å². The molecule has 0 N–H and O–H groups in total. The smallest absolute Gasteiger partial charge is 0.00479 e. The molecule has 1 atom stereocenters. The van der Waals surface area contributed by atoms with Crippen LogP contribution in [-0.4, -0.2) is 0 Å². The van der Waals surface area contributed by atoms with Crippen molar-refractivity contribution in [2.45, 2.75) is 33.1 Å². The molecule has 1 aromatic heterocycles. The molecule has 0 spiro atoms. The number of rotatable bonds is 3. The second kappa shape index (κ2) is 29.2. The molecular weight excluding hydrogens is 775 g/mol. The van der Waals surface area contributed by atoms with Gasteiger partial charge in [-0.15, -0.1) is 11.3 Å². The van der Waals surface area contributed by atoms with Gasteiger partial charge in [-0.05, 0) is 29.9 Å². The van der Waals surface area contributed by atoms with Crippen LogP contribution in [0.25, 0.3) is 0 Å². The summed E-state index contributed by atoms with van der Waals surface area (Å²) in [5.74, 6) is 0.700. The maximum atomic E-state index is 2.29. The van der Waals surface area contributed by atoms with E-state index in [0.29, 0.717) is 5.92 Å². The molecule has 0 aliphatic heterocycles. The summed E-state index contributed by atoms with van der Waals surface area (Å²) in [7, 11) is 0. The standard InChI is InChI=1S/C10H15S.7Y/c1-4-5-8(2)10-6-7-11-9(10)3;;;;;;;/h4,6-8H,5H2,1-3H3;;;;;;;/q-1;;;;;;;. The first-order valence-electron chi connectivity index (χ1n) is 4.07. The molecule has 83 valence electrons. The molecule has 7 radical (unpaired) electrons. The van der Waals surface area contributed by atoms with Crippen LogP contribution in [0, 0.1) is 13.3 Å². The summed E-state index contributed by atoms with van der Waals surface area (Å²) < 4.78 is 0. The molecule has 0 bridgehead atoms. The molecule has 1 unspecified atom stereocenters. The van der Waals surface area contributed by atoms with Gasteiger partial charge in [0.15, 0.2) is 0 Å². The Hall–Kier alpha value is 7.43. The van der Waals surface area contributed by atoms with E-state index >= 15 is 0 Å². The summed E-state index contributed by atoms with van der Waals surface area (Å²) in [6.45, 7) is 6.61. The molecular formula is C10H15SY7-. The van der Waals surface area contributed by atoms with Gasteiger partial charge in [-0.1, -0.05) is 6.92 Å². The minimum atomic E-state index is 0. The van der Waals surface area contributed by atoms with E-state index in [2.05, 4.69) is 38.6 Å². The first-order chi connectivity index (χ1) is 5.25. The van der Waals surface area contributed by atoms with Gasteiger partial charge in [-0.25, -0.2) is 0 Å². The van der Waals surface area contributed by atoms with E-state index in [4.69, 9.17) is 0 Å². The van der Waals surface area contributed by atoms with Crippen molar-refractivity contribution < 1.29 is 229 Å². The maximum Gasteiger partial charge on any atom is 0.00479 e. The summed E-state index contributed by atoms with van der Waals surface area (Å²) in [4.78, 5) is 1.47. The fourth-order valence-electron chi connectivity index (χ4n) is 1.39. The average molecular weight is 790 g/mol. The Morgan fingerprint density at radius 3 is 1.78 bits per heavy atom. The van der Waals surface area contributed by atoms with Crippen LogP contribution in [-0.2, 0) is 229 Å². The van der Waals surface area contributed by atoms with Crippen molar-refractivity contribution in [3.8, 4) is 0 Å². The first kappa shape index (κ1) is 44.7. The average Bonchev–Trinajstić information content (AvgIpc) is 2.36. The molecule has 0 nitrogen and oxygen atoms in total. The Balaban J connectivity index is -0.0000000346. The molecule has 8 heteroatoms. The van der Waals surface area contributed by atoms with Gasteiger partial charge in [0, 0.05) is 234 Å². The van der Waals surface area contributed by atoms with Gasteiger partial charge in [0.1, 0.15) is 0 Å². The zero-order valence-electron chi connectivity index (χ0n) is 11.5. The van der Waals surface area contributed by atoms with Crippen molar-refractivity contribution in [1.82, 2.24) is 0 Å². The van der Waals surface area contributed by atoms with E-state index in [1.165, 1.54) is 16.9 Å². The van der Waals surface area contributed by atoms with Crippen molar-refractivity contribution in [2.75, 3.05) is 0 Å². The zero-order valence-corrected chi connectivity index (χ0v) is 32.2. The number of hydrogen-bond donors (Lipinski definition) is 0. The Kier molecular flexibility index (Phi) is 72.5. The van der Waals surface area contributed by atoms with Crippen molar-refractivity contribution in [1.29, 1.82) is 0 Å². The van der Waals surface area contributed by atoms with Crippen molar-refractivity contribution in [3.63, 3.8) is 0 Å². The van der Waals surface area contributed by atoms with Crippen LogP contribution < -0.4 is 0 Å². The van der Waals surface area contributed by atoms with Gasteiger partial charge in [0.05, 0.1) is 0 Å². The molecule has 18 heavy (non-hydrogen) atoms. The molecule has 0 fully saturated rings. The van der Waals surface area contributed by atoms with E-state index in [0.717, 1.165) is 0 Å². The van der Waals surface area contributed by atoms with Crippen LogP contribution in [0.15, 0.2) is 11.4 Å². The zero-order chi connectivity index (χ0) is 8.27. The third-order valence-corrected chi connectivity index (χ3v) is 2.88. The van der Waals surface area contributed by atoms with E-state index < -0.39 is 0 Å². The largest absolute Gasteiger partial charge is 0.331 e. The monoisotopic (exact) mass is 789 g/mol. The van der Waals surface area contributed by atoms with E-state index in [9.17, 15) is 0 Å². The van der Waals surface area contributed by atoms with Crippen LogP contribution in [0.3, 0.4) is 0 Å². The van der Waals surface area contributed by atoms with E-state index in [1.807, 2.05) is 11.3 Å². The third kappa shape index (κ3) is 19.7. The van der Waals surface area contributed by atoms with Gasteiger partial charge in [0.25, 0.3) is 0 Å². The molecule has 1 aromatic rings. The first-order valence-corrected chi connectivity index (χ1v) is 4.95. The van der Waals surface area contributed by atoms with Crippen molar-refractivity contribution in [3.05, 3.63) is 28.3 Å². The van der Waals surface area contributed by atoms with Crippen LogP contribution in [0.4, 0.5) is 0 Å². The minimum absolute atomic E-state index is 0. The van der Waals surface area contributed by atoms with Gasteiger partial charge in [-0.2, -0.15) is 13.3 Å².